The quantitative estimate of drug-likeness (QED) is 0.829. The van der Waals surface area contributed by atoms with E-state index in [4.69, 9.17) is 5.73 Å². The Morgan fingerprint density at radius 3 is 2.40 bits per heavy atom. The van der Waals surface area contributed by atoms with Crippen LogP contribution in [0.15, 0.2) is 45.8 Å². The number of sulfonamides is 1. The Morgan fingerprint density at radius 2 is 1.80 bits per heavy atom. The Labute approximate surface area is 127 Å². The van der Waals surface area contributed by atoms with Gasteiger partial charge in [-0.1, -0.05) is 22.0 Å². The molecular formula is C14H15BrN2O2S. The van der Waals surface area contributed by atoms with E-state index in [1.54, 1.807) is 31.2 Å². The smallest absolute Gasteiger partial charge is 0.261 e. The van der Waals surface area contributed by atoms with E-state index in [2.05, 4.69) is 20.7 Å². The summed E-state index contributed by atoms with van der Waals surface area (Å²) in [4.78, 5) is 0.159. The van der Waals surface area contributed by atoms with Gasteiger partial charge in [0.2, 0.25) is 0 Å². The highest BCUT2D eigenvalue weighted by Gasteiger charge is 2.15. The maximum atomic E-state index is 12.3. The van der Waals surface area contributed by atoms with Crippen LogP contribution in [0.1, 0.15) is 11.1 Å². The van der Waals surface area contributed by atoms with Crippen molar-refractivity contribution in [3.05, 3.63) is 52.0 Å². The highest BCUT2D eigenvalue weighted by atomic mass is 79.9. The molecule has 6 heteroatoms. The summed E-state index contributed by atoms with van der Waals surface area (Å²) in [6.45, 7) is 3.74. The zero-order chi connectivity index (χ0) is 14.9. The van der Waals surface area contributed by atoms with E-state index in [1.165, 1.54) is 6.07 Å². The SMILES string of the molecule is Cc1cc(N)cc(S(=O)(=O)Nc2ccc(C)c(Br)c2)c1. The van der Waals surface area contributed by atoms with Crippen LogP contribution in [0.5, 0.6) is 0 Å². The second-order valence-electron chi connectivity index (χ2n) is 4.65. The van der Waals surface area contributed by atoms with Gasteiger partial charge in [0.05, 0.1) is 4.90 Å². The molecule has 0 fully saturated rings. The van der Waals surface area contributed by atoms with Crippen LogP contribution in [-0.4, -0.2) is 8.42 Å². The number of nitrogens with two attached hydrogens (primary N) is 1. The lowest BCUT2D eigenvalue weighted by Gasteiger charge is -2.10. The minimum Gasteiger partial charge on any atom is -0.399 e. The molecule has 0 atom stereocenters. The van der Waals surface area contributed by atoms with Crippen LogP contribution >= 0.6 is 15.9 Å². The normalized spacial score (nSPS) is 11.3. The number of hydrogen-bond donors (Lipinski definition) is 2. The van der Waals surface area contributed by atoms with Crippen molar-refractivity contribution >= 4 is 37.3 Å². The largest absolute Gasteiger partial charge is 0.399 e. The molecule has 0 aliphatic carbocycles. The second kappa shape index (κ2) is 5.46. The van der Waals surface area contributed by atoms with Crippen molar-refractivity contribution in [1.82, 2.24) is 0 Å². The van der Waals surface area contributed by atoms with Crippen molar-refractivity contribution in [2.24, 2.45) is 0 Å². The van der Waals surface area contributed by atoms with Crippen molar-refractivity contribution in [2.45, 2.75) is 18.7 Å². The molecular weight excluding hydrogens is 340 g/mol. The summed E-state index contributed by atoms with van der Waals surface area (Å²) in [6.07, 6.45) is 0. The van der Waals surface area contributed by atoms with Gasteiger partial charge in [-0.2, -0.15) is 0 Å². The van der Waals surface area contributed by atoms with Crippen molar-refractivity contribution in [2.75, 3.05) is 10.5 Å². The molecule has 20 heavy (non-hydrogen) atoms. The lowest BCUT2D eigenvalue weighted by molar-refractivity contribution is 0.601. The molecule has 0 aromatic heterocycles. The number of halogens is 1. The topological polar surface area (TPSA) is 72.2 Å². The second-order valence-corrected chi connectivity index (χ2v) is 7.19. The molecule has 0 saturated carbocycles. The van der Waals surface area contributed by atoms with Crippen LogP contribution in [0.3, 0.4) is 0 Å². The summed E-state index contributed by atoms with van der Waals surface area (Å²) in [5.74, 6) is 0. The molecule has 0 unspecified atom stereocenters. The summed E-state index contributed by atoms with van der Waals surface area (Å²) in [5, 5.41) is 0. The summed E-state index contributed by atoms with van der Waals surface area (Å²) >= 11 is 3.38. The van der Waals surface area contributed by atoms with Crippen molar-refractivity contribution in [3.63, 3.8) is 0 Å². The van der Waals surface area contributed by atoms with Gasteiger partial charge >= 0.3 is 0 Å². The lowest BCUT2D eigenvalue weighted by atomic mass is 10.2. The van der Waals surface area contributed by atoms with Crippen LogP contribution in [-0.2, 0) is 10.0 Å². The van der Waals surface area contributed by atoms with Crippen LogP contribution in [0.4, 0.5) is 11.4 Å². The molecule has 0 aliphatic heterocycles. The first-order chi connectivity index (χ1) is 9.28. The Kier molecular flexibility index (Phi) is 4.06. The molecule has 2 aromatic carbocycles. The number of benzene rings is 2. The Balaban J connectivity index is 2.37. The van der Waals surface area contributed by atoms with E-state index in [1.807, 2.05) is 13.0 Å². The Bertz CT molecular complexity index is 738. The van der Waals surface area contributed by atoms with Gasteiger partial charge in [0.15, 0.2) is 0 Å². The van der Waals surface area contributed by atoms with E-state index in [9.17, 15) is 8.42 Å². The van der Waals surface area contributed by atoms with Gasteiger partial charge in [-0.3, -0.25) is 4.72 Å². The first-order valence-corrected chi connectivity index (χ1v) is 8.22. The summed E-state index contributed by atoms with van der Waals surface area (Å²) < 4.78 is 28.0. The van der Waals surface area contributed by atoms with Crippen molar-refractivity contribution in [3.8, 4) is 0 Å². The number of anilines is 2. The molecule has 0 amide bonds. The standard InChI is InChI=1S/C14H15BrN2O2S/c1-9-5-11(16)7-13(6-9)20(18,19)17-12-4-3-10(2)14(15)8-12/h3-8,17H,16H2,1-2H3. The molecule has 2 rings (SSSR count). The van der Waals surface area contributed by atoms with E-state index in [-0.39, 0.29) is 4.90 Å². The maximum Gasteiger partial charge on any atom is 0.261 e. The monoisotopic (exact) mass is 354 g/mol. The zero-order valence-corrected chi connectivity index (χ0v) is 13.5. The maximum absolute atomic E-state index is 12.3. The van der Waals surface area contributed by atoms with Crippen LogP contribution < -0.4 is 10.5 Å². The fourth-order valence-electron chi connectivity index (χ4n) is 1.80. The predicted octanol–water partition coefficient (Wildman–Crippen LogP) is 3.45. The average molecular weight is 355 g/mol. The number of hydrogen-bond acceptors (Lipinski definition) is 3. The van der Waals surface area contributed by atoms with Crippen molar-refractivity contribution in [1.29, 1.82) is 0 Å². The highest BCUT2D eigenvalue weighted by Crippen LogP contribution is 2.24. The molecule has 0 aliphatic rings. The fourth-order valence-corrected chi connectivity index (χ4v) is 3.37. The van der Waals surface area contributed by atoms with Gasteiger partial charge in [-0.25, -0.2) is 8.42 Å². The van der Waals surface area contributed by atoms with Crippen molar-refractivity contribution < 1.29 is 8.42 Å². The molecule has 0 bridgehead atoms. The Hall–Kier alpha value is -1.53. The molecule has 0 heterocycles. The van der Waals surface area contributed by atoms with Gasteiger partial charge < -0.3 is 5.73 Å². The Morgan fingerprint density at radius 1 is 1.10 bits per heavy atom. The van der Waals surface area contributed by atoms with Crippen LogP contribution in [0.25, 0.3) is 0 Å². The minimum atomic E-state index is -3.64. The molecule has 4 nitrogen and oxygen atoms in total. The number of nitrogen functional groups attached to an aromatic ring is 1. The molecule has 0 saturated heterocycles. The van der Waals surface area contributed by atoms with Gasteiger partial charge in [-0.05, 0) is 55.3 Å². The predicted molar refractivity (Wildman–Crippen MR) is 85.3 cm³/mol. The first-order valence-electron chi connectivity index (χ1n) is 5.94. The van der Waals surface area contributed by atoms with Gasteiger partial charge in [0, 0.05) is 15.8 Å². The van der Waals surface area contributed by atoms with Gasteiger partial charge in [0.25, 0.3) is 10.0 Å². The molecule has 0 radical (unpaired) electrons. The number of rotatable bonds is 3. The van der Waals surface area contributed by atoms with E-state index >= 15 is 0 Å². The molecule has 0 spiro atoms. The minimum absolute atomic E-state index is 0.159. The van der Waals surface area contributed by atoms with Gasteiger partial charge in [0.1, 0.15) is 0 Å². The average Bonchev–Trinajstić information content (AvgIpc) is 2.32. The lowest BCUT2D eigenvalue weighted by Crippen LogP contribution is -2.13. The molecule has 3 N–H and O–H groups in total. The van der Waals surface area contributed by atoms with Crippen LogP contribution in [0, 0.1) is 13.8 Å². The third kappa shape index (κ3) is 3.32. The summed E-state index contributed by atoms with van der Waals surface area (Å²) in [5.41, 5.74) is 8.46. The van der Waals surface area contributed by atoms with Crippen LogP contribution in [0.2, 0.25) is 0 Å². The fraction of sp³-hybridized carbons (Fsp3) is 0.143. The summed E-state index contributed by atoms with van der Waals surface area (Å²) in [7, 11) is -3.64. The third-order valence-electron chi connectivity index (χ3n) is 2.81. The van der Waals surface area contributed by atoms with Gasteiger partial charge in [-0.15, -0.1) is 0 Å². The van der Waals surface area contributed by atoms with E-state index < -0.39 is 10.0 Å². The molecule has 2 aromatic rings. The van der Waals surface area contributed by atoms with E-state index in [0.717, 1.165) is 15.6 Å². The zero-order valence-electron chi connectivity index (χ0n) is 11.1. The van der Waals surface area contributed by atoms with E-state index in [0.29, 0.717) is 11.4 Å². The number of nitrogens with one attached hydrogen (secondary N) is 1. The first kappa shape index (κ1) is 14.9. The summed E-state index contributed by atoms with van der Waals surface area (Å²) in [6, 6.07) is 10.0. The number of aryl methyl sites for hydroxylation is 2. The molecule has 106 valence electrons. The highest BCUT2D eigenvalue weighted by molar-refractivity contribution is 9.10. The third-order valence-corrected chi connectivity index (χ3v) is 5.02.